The molecule has 1 aromatic rings. The van der Waals surface area contributed by atoms with Crippen molar-refractivity contribution in [3.63, 3.8) is 0 Å². The number of carbonyl (C=O) groups excluding carboxylic acids is 2. The number of hydrogen-bond acceptors (Lipinski definition) is 3. The number of esters is 1. The van der Waals surface area contributed by atoms with Crippen LogP contribution < -0.4 is 5.32 Å². The maximum Gasteiger partial charge on any atom is 0.302 e. The molecule has 98 valence electrons. The van der Waals surface area contributed by atoms with Crippen molar-refractivity contribution in [1.82, 2.24) is 0 Å². The Morgan fingerprint density at radius 2 is 2.17 bits per heavy atom. The second kappa shape index (κ2) is 7.01. The molecule has 0 bridgehead atoms. The van der Waals surface area contributed by atoms with Crippen LogP contribution in [0.2, 0.25) is 5.02 Å². The fraction of sp³-hybridized carbons (Fsp3) is 0.385. The highest BCUT2D eigenvalue weighted by Crippen LogP contribution is 2.25. The van der Waals surface area contributed by atoms with Crippen molar-refractivity contribution in [2.75, 3.05) is 11.9 Å². The Hall–Kier alpha value is -1.55. The number of carbonyl (C=O) groups is 2. The highest BCUT2D eigenvalue weighted by molar-refractivity contribution is 6.30. The summed E-state index contributed by atoms with van der Waals surface area (Å²) in [6, 6.07) is 5.52. The quantitative estimate of drug-likeness (QED) is 0.798. The first-order chi connectivity index (χ1) is 8.52. The fourth-order valence-electron chi connectivity index (χ4n) is 1.56. The van der Waals surface area contributed by atoms with Crippen molar-refractivity contribution in [2.45, 2.75) is 26.7 Å². The second-order valence-electron chi connectivity index (χ2n) is 3.77. The first-order valence-corrected chi connectivity index (χ1v) is 6.12. The Bertz CT molecular complexity index is 446. The average Bonchev–Trinajstić information content (AvgIpc) is 2.30. The second-order valence-corrected chi connectivity index (χ2v) is 4.21. The molecule has 0 fully saturated rings. The van der Waals surface area contributed by atoms with Crippen molar-refractivity contribution in [1.29, 1.82) is 0 Å². The van der Waals surface area contributed by atoms with Crippen LogP contribution in [0.15, 0.2) is 18.2 Å². The Balaban J connectivity index is 0.000000232. The van der Waals surface area contributed by atoms with Crippen LogP contribution in [0.3, 0.4) is 0 Å². The molecule has 0 spiro atoms. The van der Waals surface area contributed by atoms with Gasteiger partial charge in [-0.05, 0) is 37.1 Å². The Labute approximate surface area is 111 Å². The molecule has 4 nitrogen and oxygen atoms in total. The van der Waals surface area contributed by atoms with Gasteiger partial charge in [-0.25, -0.2) is 0 Å². The van der Waals surface area contributed by atoms with E-state index in [0.717, 1.165) is 22.7 Å². The van der Waals surface area contributed by atoms with Crippen LogP contribution in [0.1, 0.15) is 25.8 Å². The number of amides is 1. The molecular formula is C13H16ClNO3. The summed E-state index contributed by atoms with van der Waals surface area (Å²) in [5.41, 5.74) is 2.03. The van der Waals surface area contributed by atoms with E-state index >= 15 is 0 Å². The molecule has 0 saturated carbocycles. The van der Waals surface area contributed by atoms with Crippen LogP contribution >= 0.6 is 11.6 Å². The molecule has 18 heavy (non-hydrogen) atoms. The molecule has 0 radical (unpaired) electrons. The third kappa shape index (κ3) is 4.75. The minimum Gasteiger partial charge on any atom is -0.466 e. The van der Waals surface area contributed by atoms with Gasteiger partial charge < -0.3 is 10.1 Å². The van der Waals surface area contributed by atoms with Gasteiger partial charge in [0, 0.05) is 24.1 Å². The molecule has 0 atom stereocenters. The SMILES string of the molecule is CCOC(C)=O.O=C1CCc2cc(Cl)ccc2N1. The van der Waals surface area contributed by atoms with E-state index in [9.17, 15) is 9.59 Å². The molecule has 1 N–H and O–H groups in total. The molecule has 2 rings (SSSR count). The van der Waals surface area contributed by atoms with E-state index in [1.54, 1.807) is 13.0 Å². The van der Waals surface area contributed by atoms with E-state index in [1.165, 1.54) is 6.92 Å². The summed E-state index contributed by atoms with van der Waals surface area (Å²) in [6.45, 7) is 3.65. The van der Waals surface area contributed by atoms with Crippen molar-refractivity contribution >= 4 is 29.2 Å². The molecule has 0 aliphatic carbocycles. The first-order valence-electron chi connectivity index (χ1n) is 5.74. The van der Waals surface area contributed by atoms with Gasteiger partial charge in [-0.2, -0.15) is 0 Å². The number of ether oxygens (including phenoxy) is 1. The lowest BCUT2D eigenvalue weighted by molar-refractivity contribution is -0.140. The molecular weight excluding hydrogens is 254 g/mol. The monoisotopic (exact) mass is 269 g/mol. The number of anilines is 1. The Morgan fingerprint density at radius 3 is 2.72 bits per heavy atom. The zero-order chi connectivity index (χ0) is 13.5. The lowest BCUT2D eigenvalue weighted by atomic mass is 10.0. The summed E-state index contributed by atoms with van der Waals surface area (Å²) < 4.78 is 4.40. The zero-order valence-electron chi connectivity index (χ0n) is 10.5. The third-order valence-electron chi connectivity index (χ3n) is 2.31. The summed E-state index contributed by atoms with van der Waals surface area (Å²) in [5, 5.41) is 3.52. The highest BCUT2D eigenvalue weighted by atomic mass is 35.5. The van der Waals surface area contributed by atoms with Gasteiger partial charge in [0.15, 0.2) is 0 Å². The molecule has 1 aliphatic rings. The molecule has 0 unspecified atom stereocenters. The molecule has 1 amide bonds. The summed E-state index contributed by atoms with van der Waals surface area (Å²) in [7, 11) is 0. The lowest BCUT2D eigenvalue weighted by Crippen LogP contribution is -2.18. The lowest BCUT2D eigenvalue weighted by Gasteiger charge is -2.16. The Kier molecular flexibility index (Phi) is 5.65. The summed E-state index contributed by atoms with van der Waals surface area (Å²) in [6.07, 6.45) is 1.36. The zero-order valence-corrected chi connectivity index (χ0v) is 11.2. The smallest absolute Gasteiger partial charge is 0.302 e. The number of aryl methyl sites for hydroxylation is 1. The summed E-state index contributed by atoms with van der Waals surface area (Å²) in [5.74, 6) is -0.123. The fourth-order valence-corrected chi connectivity index (χ4v) is 1.75. The summed E-state index contributed by atoms with van der Waals surface area (Å²) in [4.78, 5) is 20.8. The van der Waals surface area contributed by atoms with Gasteiger partial charge in [0.2, 0.25) is 5.91 Å². The topological polar surface area (TPSA) is 55.4 Å². The molecule has 0 aromatic heterocycles. The molecule has 1 aliphatic heterocycles. The minimum atomic E-state index is -0.211. The van der Waals surface area contributed by atoms with Gasteiger partial charge in [-0.15, -0.1) is 0 Å². The maximum absolute atomic E-state index is 11.0. The van der Waals surface area contributed by atoms with Crippen molar-refractivity contribution in [2.24, 2.45) is 0 Å². The number of nitrogens with one attached hydrogen (secondary N) is 1. The van der Waals surface area contributed by atoms with E-state index in [-0.39, 0.29) is 11.9 Å². The number of halogens is 1. The van der Waals surface area contributed by atoms with Crippen LogP contribution in [0.5, 0.6) is 0 Å². The molecule has 1 aromatic carbocycles. The van der Waals surface area contributed by atoms with Crippen LogP contribution in [0.4, 0.5) is 5.69 Å². The number of fused-ring (bicyclic) bond motifs is 1. The highest BCUT2D eigenvalue weighted by Gasteiger charge is 2.13. The van der Waals surface area contributed by atoms with Crippen LogP contribution in [0, 0.1) is 0 Å². The van der Waals surface area contributed by atoms with Gasteiger partial charge in [0.25, 0.3) is 0 Å². The largest absolute Gasteiger partial charge is 0.466 e. The van der Waals surface area contributed by atoms with Gasteiger partial charge in [-0.3, -0.25) is 9.59 Å². The maximum atomic E-state index is 11.0. The molecule has 0 saturated heterocycles. The van der Waals surface area contributed by atoms with Gasteiger partial charge in [0.1, 0.15) is 0 Å². The Morgan fingerprint density at radius 1 is 1.44 bits per heavy atom. The normalized spacial score (nSPS) is 12.7. The predicted molar refractivity (Wildman–Crippen MR) is 70.7 cm³/mol. The molecule has 1 heterocycles. The van der Waals surface area contributed by atoms with Crippen molar-refractivity contribution in [3.05, 3.63) is 28.8 Å². The van der Waals surface area contributed by atoms with Gasteiger partial charge in [0.05, 0.1) is 6.61 Å². The van der Waals surface area contributed by atoms with Crippen LogP contribution in [-0.4, -0.2) is 18.5 Å². The van der Waals surface area contributed by atoms with E-state index in [2.05, 4.69) is 10.1 Å². The number of hydrogen-bond donors (Lipinski definition) is 1. The van der Waals surface area contributed by atoms with Crippen LogP contribution in [0.25, 0.3) is 0 Å². The van der Waals surface area contributed by atoms with Crippen molar-refractivity contribution < 1.29 is 14.3 Å². The van der Waals surface area contributed by atoms with Gasteiger partial charge >= 0.3 is 5.97 Å². The minimum absolute atomic E-state index is 0.0878. The van der Waals surface area contributed by atoms with Crippen molar-refractivity contribution in [3.8, 4) is 0 Å². The predicted octanol–water partition coefficient (Wildman–Crippen LogP) is 2.79. The number of rotatable bonds is 1. The summed E-state index contributed by atoms with van der Waals surface area (Å²) >= 11 is 5.80. The van der Waals surface area contributed by atoms with Crippen LogP contribution in [-0.2, 0) is 20.7 Å². The van der Waals surface area contributed by atoms with E-state index < -0.39 is 0 Å². The first kappa shape index (κ1) is 14.5. The van der Waals surface area contributed by atoms with E-state index in [1.807, 2.05) is 12.1 Å². The third-order valence-corrected chi connectivity index (χ3v) is 2.55. The number of benzene rings is 1. The van der Waals surface area contributed by atoms with Gasteiger partial charge in [-0.1, -0.05) is 11.6 Å². The average molecular weight is 270 g/mol. The van der Waals surface area contributed by atoms with E-state index in [4.69, 9.17) is 11.6 Å². The molecule has 5 heteroatoms. The van der Waals surface area contributed by atoms with E-state index in [0.29, 0.717) is 13.0 Å². The standard InChI is InChI=1S/C9H8ClNO.C4H8O2/c10-7-2-3-8-6(5-7)1-4-9(12)11-8;1-3-6-4(2)5/h2-3,5H,1,4H2,(H,11,12);3H2,1-2H3.